The number of H-pyrrole nitrogens is 1. The van der Waals surface area contributed by atoms with Crippen LogP contribution in [0.5, 0.6) is 0 Å². The molecule has 2 aromatic heterocycles. The molecule has 25 heavy (non-hydrogen) atoms. The highest BCUT2D eigenvalue weighted by atomic mass is 16.5. The Labute approximate surface area is 143 Å². The summed E-state index contributed by atoms with van der Waals surface area (Å²) in [6, 6.07) is 9.34. The summed E-state index contributed by atoms with van der Waals surface area (Å²) in [7, 11) is 0. The van der Waals surface area contributed by atoms with Gasteiger partial charge in [-0.1, -0.05) is 35.0 Å². The molecule has 1 aromatic carbocycles. The molecule has 0 fully saturated rings. The number of hydrogen-bond acceptors (Lipinski definition) is 5. The molecule has 0 saturated heterocycles. The second-order valence-electron chi connectivity index (χ2n) is 5.61. The highest BCUT2D eigenvalue weighted by Gasteiger charge is 2.18. The maximum atomic E-state index is 12.3. The molecule has 128 valence electrons. The highest BCUT2D eigenvalue weighted by molar-refractivity contribution is 6.06. The van der Waals surface area contributed by atoms with Gasteiger partial charge >= 0.3 is 0 Å². The molecule has 3 aromatic rings. The van der Waals surface area contributed by atoms with Crippen LogP contribution in [0.4, 0.5) is 5.82 Å². The second-order valence-corrected chi connectivity index (χ2v) is 5.61. The fraction of sp³-hybridized carbons (Fsp3) is 0.176. The van der Waals surface area contributed by atoms with E-state index in [-0.39, 0.29) is 23.0 Å². The molecule has 0 bridgehead atoms. The van der Waals surface area contributed by atoms with Crippen LogP contribution in [-0.2, 0) is 6.54 Å². The molecular weight excluding hydrogens is 322 g/mol. The lowest BCUT2D eigenvalue weighted by molar-refractivity contribution is 0.0952. The zero-order chi connectivity index (χ0) is 17.8. The largest absolute Gasteiger partial charge is 0.351 e. The Hall–Kier alpha value is -3.42. The Morgan fingerprint density at radius 2 is 1.92 bits per heavy atom. The molecule has 2 amide bonds. The number of nitrogens with zero attached hydrogens (tertiary/aromatic N) is 2. The molecule has 2 heterocycles. The Kier molecular flexibility index (Phi) is 4.60. The predicted octanol–water partition coefficient (Wildman–Crippen LogP) is 2.20. The van der Waals surface area contributed by atoms with E-state index in [9.17, 15) is 9.59 Å². The van der Waals surface area contributed by atoms with Crippen LogP contribution in [0.3, 0.4) is 0 Å². The van der Waals surface area contributed by atoms with Gasteiger partial charge < -0.3 is 15.2 Å². The Morgan fingerprint density at radius 3 is 2.60 bits per heavy atom. The monoisotopic (exact) mass is 339 g/mol. The van der Waals surface area contributed by atoms with E-state index in [1.807, 2.05) is 31.2 Å². The van der Waals surface area contributed by atoms with Crippen molar-refractivity contribution >= 4 is 17.6 Å². The summed E-state index contributed by atoms with van der Waals surface area (Å²) in [5.41, 5.74) is 2.95. The summed E-state index contributed by atoms with van der Waals surface area (Å²) in [6.07, 6.45) is 1.35. The average molecular weight is 339 g/mol. The van der Waals surface area contributed by atoms with Crippen LogP contribution in [0, 0.1) is 13.8 Å². The molecule has 8 heteroatoms. The van der Waals surface area contributed by atoms with Crippen molar-refractivity contribution in [2.75, 3.05) is 5.32 Å². The minimum Gasteiger partial charge on any atom is -0.351 e. The van der Waals surface area contributed by atoms with Crippen molar-refractivity contribution in [3.63, 3.8) is 0 Å². The van der Waals surface area contributed by atoms with E-state index in [0.29, 0.717) is 12.2 Å². The molecule has 8 nitrogen and oxygen atoms in total. The van der Waals surface area contributed by atoms with Gasteiger partial charge in [0.15, 0.2) is 0 Å². The third kappa shape index (κ3) is 3.92. The number of carbonyl (C=O) groups is 2. The Morgan fingerprint density at radius 1 is 1.16 bits per heavy atom. The maximum absolute atomic E-state index is 12.3. The van der Waals surface area contributed by atoms with Crippen molar-refractivity contribution in [2.24, 2.45) is 0 Å². The minimum absolute atomic E-state index is 0.0538. The van der Waals surface area contributed by atoms with Crippen LogP contribution in [0.15, 0.2) is 41.1 Å². The average Bonchev–Trinajstić information content (AvgIpc) is 3.23. The smallest absolute Gasteiger partial charge is 0.295 e. The van der Waals surface area contributed by atoms with E-state index in [0.717, 1.165) is 11.1 Å². The first-order valence-electron chi connectivity index (χ1n) is 7.64. The second kappa shape index (κ2) is 7.00. The van der Waals surface area contributed by atoms with E-state index >= 15 is 0 Å². The van der Waals surface area contributed by atoms with Crippen molar-refractivity contribution < 1.29 is 14.1 Å². The predicted molar refractivity (Wildman–Crippen MR) is 90.1 cm³/mol. The number of anilines is 1. The molecule has 3 rings (SSSR count). The van der Waals surface area contributed by atoms with Crippen LogP contribution in [0.25, 0.3) is 0 Å². The number of carbonyl (C=O) groups excluding carboxylic acids is 2. The van der Waals surface area contributed by atoms with Crippen LogP contribution in [0.2, 0.25) is 0 Å². The molecule has 0 aliphatic heterocycles. The van der Waals surface area contributed by atoms with E-state index in [4.69, 9.17) is 4.52 Å². The van der Waals surface area contributed by atoms with E-state index < -0.39 is 5.91 Å². The number of nitrogens with one attached hydrogen (secondary N) is 3. The number of aryl methyl sites for hydroxylation is 2. The first-order valence-corrected chi connectivity index (χ1v) is 7.64. The molecular formula is C17H17N5O3. The SMILES string of the molecule is Cc1ccc(CNC(=O)c2cn[nH]c2NC(=O)c2cc(C)no2)cc1. The van der Waals surface area contributed by atoms with Gasteiger partial charge in [0.05, 0.1) is 11.9 Å². The fourth-order valence-electron chi connectivity index (χ4n) is 2.18. The van der Waals surface area contributed by atoms with Gasteiger partial charge in [0, 0.05) is 12.6 Å². The summed E-state index contributed by atoms with van der Waals surface area (Å²) >= 11 is 0. The van der Waals surface area contributed by atoms with Crippen LogP contribution in [0.1, 0.15) is 37.7 Å². The van der Waals surface area contributed by atoms with Gasteiger partial charge in [-0.3, -0.25) is 14.7 Å². The zero-order valence-corrected chi connectivity index (χ0v) is 13.8. The Balaban J connectivity index is 1.65. The highest BCUT2D eigenvalue weighted by Crippen LogP contribution is 2.13. The Bertz CT molecular complexity index is 895. The van der Waals surface area contributed by atoms with Gasteiger partial charge in [0.1, 0.15) is 11.4 Å². The van der Waals surface area contributed by atoms with Gasteiger partial charge in [0.2, 0.25) is 5.76 Å². The zero-order valence-electron chi connectivity index (χ0n) is 13.8. The van der Waals surface area contributed by atoms with Crippen molar-refractivity contribution in [1.82, 2.24) is 20.7 Å². The third-order valence-electron chi connectivity index (χ3n) is 3.55. The topological polar surface area (TPSA) is 113 Å². The fourth-order valence-corrected chi connectivity index (χ4v) is 2.18. The summed E-state index contributed by atoms with van der Waals surface area (Å²) in [6.45, 7) is 4.08. The van der Waals surface area contributed by atoms with E-state index in [1.165, 1.54) is 12.3 Å². The standard InChI is InChI=1S/C17H17N5O3/c1-10-3-5-12(6-4-10)8-18-16(23)13-9-19-21-15(13)20-17(24)14-7-11(2)22-25-14/h3-7,9H,8H2,1-2H3,(H,18,23)(H2,19,20,21,24). The molecule has 0 aliphatic carbocycles. The number of amides is 2. The summed E-state index contributed by atoms with van der Waals surface area (Å²) < 4.78 is 4.89. The number of aromatic amines is 1. The lowest BCUT2D eigenvalue weighted by atomic mass is 10.1. The molecule has 0 radical (unpaired) electrons. The van der Waals surface area contributed by atoms with Crippen molar-refractivity contribution in [3.05, 3.63) is 64.7 Å². The van der Waals surface area contributed by atoms with Gasteiger partial charge in [0.25, 0.3) is 11.8 Å². The molecule has 0 spiro atoms. The van der Waals surface area contributed by atoms with Crippen LogP contribution < -0.4 is 10.6 Å². The van der Waals surface area contributed by atoms with Gasteiger partial charge in [-0.05, 0) is 19.4 Å². The van der Waals surface area contributed by atoms with Crippen LogP contribution >= 0.6 is 0 Å². The summed E-state index contributed by atoms with van der Waals surface area (Å²) in [4.78, 5) is 24.4. The van der Waals surface area contributed by atoms with Crippen molar-refractivity contribution in [1.29, 1.82) is 0 Å². The van der Waals surface area contributed by atoms with Gasteiger partial charge in [-0.25, -0.2) is 0 Å². The third-order valence-corrected chi connectivity index (χ3v) is 3.55. The van der Waals surface area contributed by atoms with E-state index in [2.05, 4.69) is 26.0 Å². The normalized spacial score (nSPS) is 10.5. The summed E-state index contributed by atoms with van der Waals surface area (Å²) in [5, 5.41) is 15.4. The first-order chi connectivity index (χ1) is 12.0. The quantitative estimate of drug-likeness (QED) is 0.659. The van der Waals surface area contributed by atoms with Crippen molar-refractivity contribution in [3.8, 4) is 0 Å². The molecule has 0 aliphatic rings. The van der Waals surface area contributed by atoms with Gasteiger partial charge in [-0.15, -0.1) is 0 Å². The maximum Gasteiger partial charge on any atom is 0.295 e. The minimum atomic E-state index is -0.516. The lowest BCUT2D eigenvalue weighted by Gasteiger charge is -2.06. The van der Waals surface area contributed by atoms with Crippen molar-refractivity contribution in [2.45, 2.75) is 20.4 Å². The van der Waals surface area contributed by atoms with Crippen LogP contribution in [-0.4, -0.2) is 27.2 Å². The molecule has 3 N–H and O–H groups in total. The summed E-state index contributed by atoms with van der Waals surface area (Å²) in [5.74, 6) is -0.616. The molecule has 0 atom stereocenters. The number of hydrogen-bond donors (Lipinski definition) is 3. The molecule has 0 saturated carbocycles. The van der Waals surface area contributed by atoms with Gasteiger partial charge in [-0.2, -0.15) is 5.10 Å². The van der Waals surface area contributed by atoms with E-state index in [1.54, 1.807) is 6.92 Å². The first kappa shape index (κ1) is 16.4. The lowest BCUT2D eigenvalue weighted by Crippen LogP contribution is -2.24. The number of rotatable bonds is 5. The number of benzene rings is 1. The molecule has 0 unspecified atom stereocenters. The number of aromatic nitrogens is 3.